The monoisotopic (exact) mass is 297 g/mol. The van der Waals surface area contributed by atoms with Crippen molar-refractivity contribution in [2.45, 2.75) is 13.0 Å². The minimum atomic E-state index is 0. The summed E-state index contributed by atoms with van der Waals surface area (Å²) in [5, 5.41) is 1.09. The third-order valence-electron chi connectivity index (χ3n) is 3.89. The van der Waals surface area contributed by atoms with Crippen LogP contribution in [0.3, 0.4) is 0 Å². The zero-order chi connectivity index (χ0) is 13.4. The zero-order valence-electron chi connectivity index (χ0n) is 11.6. The summed E-state index contributed by atoms with van der Waals surface area (Å²) in [4.78, 5) is 11.5. The zero-order valence-corrected chi connectivity index (χ0v) is 12.4. The molecule has 0 saturated heterocycles. The summed E-state index contributed by atoms with van der Waals surface area (Å²) in [6.45, 7) is 1.88. The summed E-state index contributed by atoms with van der Waals surface area (Å²) >= 11 is 0. The first kappa shape index (κ1) is 13.8. The van der Waals surface area contributed by atoms with Gasteiger partial charge in [0.15, 0.2) is 0 Å². The molecule has 0 aliphatic carbocycles. The molecule has 106 valence electrons. The molecule has 0 atom stereocenters. The molecule has 0 amide bonds. The van der Waals surface area contributed by atoms with Crippen LogP contribution in [0.15, 0.2) is 54.7 Å². The second kappa shape index (κ2) is 5.70. The Bertz CT molecular complexity index is 773. The molecule has 4 heteroatoms. The van der Waals surface area contributed by atoms with E-state index in [4.69, 9.17) is 0 Å². The van der Waals surface area contributed by atoms with Gasteiger partial charge in [-0.1, -0.05) is 42.5 Å². The van der Waals surface area contributed by atoms with Gasteiger partial charge in [0.1, 0.15) is 0 Å². The third kappa shape index (κ3) is 2.57. The van der Waals surface area contributed by atoms with Gasteiger partial charge in [0.25, 0.3) is 0 Å². The number of rotatable bonds is 1. The highest BCUT2D eigenvalue weighted by Crippen LogP contribution is 2.23. The average molecular weight is 298 g/mol. The van der Waals surface area contributed by atoms with Gasteiger partial charge in [-0.3, -0.25) is 0 Å². The van der Waals surface area contributed by atoms with Gasteiger partial charge in [-0.2, -0.15) is 0 Å². The molecule has 1 aromatic heterocycles. The molecule has 2 aromatic carbocycles. The van der Waals surface area contributed by atoms with E-state index in [2.05, 4.69) is 39.1 Å². The van der Waals surface area contributed by atoms with Gasteiger partial charge in [0, 0.05) is 24.7 Å². The van der Waals surface area contributed by atoms with Gasteiger partial charge in [0.05, 0.1) is 5.52 Å². The number of hydrogen-bond donors (Lipinski definition) is 0. The van der Waals surface area contributed by atoms with E-state index in [0.29, 0.717) is 0 Å². The van der Waals surface area contributed by atoms with Gasteiger partial charge >= 0.3 is 0 Å². The van der Waals surface area contributed by atoms with Crippen molar-refractivity contribution in [1.82, 2.24) is 9.97 Å². The Morgan fingerprint density at radius 2 is 1.67 bits per heavy atom. The van der Waals surface area contributed by atoms with Crippen LogP contribution >= 0.6 is 12.4 Å². The Labute approximate surface area is 130 Å². The molecule has 0 fully saturated rings. The molecule has 0 unspecified atom stereocenters. The van der Waals surface area contributed by atoms with Gasteiger partial charge in [0.2, 0.25) is 5.95 Å². The van der Waals surface area contributed by atoms with Gasteiger partial charge < -0.3 is 4.90 Å². The summed E-state index contributed by atoms with van der Waals surface area (Å²) in [6, 6.07) is 16.7. The molecule has 1 aliphatic rings. The van der Waals surface area contributed by atoms with Crippen LogP contribution in [0.2, 0.25) is 0 Å². The van der Waals surface area contributed by atoms with Gasteiger partial charge in [-0.25, -0.2) is 9.97 Å². The summed E-state index contributed by atoms with van der Waals surface area (Å²) in [5.41, 5.74) is 3.84. The van der Waals surface area contributed by atoms with Gasteiger partial charge in [-0.15, -0.1) is 12.4 Å². The molecule has 21 heavy (non-hydrogen) atoms. The first-order valence-corrected chi connectivity index (χ1v) is 6.94. The van der Waals surface area contributed by atoms with Crippen LogP contribution in [-0.4, -0.2) is 16.5 Å². The van der Waals surface area contributed by atoms with Crippen molar-refractivity contribution in [1.29, 1.82) is 0 Å². The van der Waals surface area contributed by atoms with Crippen LogP contribution in [0.5, 0.6) is 0 Å². The summed E-state index contributed by atoms with van der Waals surface area (Å²) in [5.74, 6) is 0.832. The molecule has 0 radical (unpaired) electrons. The number of benzene rings is 2. The van der Waals surface area contributed by atoms with E-state index in [0.717, 1.165) is 36.4 Å². The van der Waals surface area contributed by atoms with E-state index >= 15 is 0 Å². The number of hydrogen-bond acceptors (Lipinski definition) is 3. The van der Waals surface area contributed by atoms with Crippen molar-refractivity contribution in [3.8, 4) is 0 Å². The lowest BCUT2D eigenvalue weighted by Gasteiger charge is -2.28. The van der Waals surface area contributed by atoms with Crippen molar-refractivity contribution in [3.63, 3.8) is 0 Å². The lowest BCUT2D eigenvalue weighted by atomic mass is 10.0. The number of nitrogens with zero attached hydrogens (tertiary/aromatic N) is 3. The molecule has 2 heterocycles. The van der Waals surface area contributed by atoms with Gasteiger partial charge in [-0.05, 0) is 23.6 Å². The van der Waals surface area contributed by atoms with E-state index in [-0.39, 0.29) is 12.4 Å². The minimum absolute atomic E-state index is 0. The Balaban J connectivity index is 0.00000132. The first-order chi connectivity index (χ1) is 9.90. The van der Waals surface area contributed by atoms with E-state index in [1.807, 2.05) is 30.5 Å². The van der Waals surface area contributed by atoms with Crippen LogP contribution in [0.1, 0.15) is 11.1 Å². The number of para-hydroxylation sites is 1. The number of fused-ring (bicyclic) bond motifs is 2. The highest BCUT2D eigenvalue weighted by Gasteiger charge is 2.17. The Hall–Kier alpha value is -2.13. The van der Waals surface area contributed by atoms with Crippen LogP contribution < -0.4 is 4.90 Å². The van der Waals surface area contributed by atoms with E-state index < -0.39 is 0 Å². The topological polar surface area (TPSA) is 29.0 Å². The Kier molecular flexibility index (Phi) is 3.76. The SMILES string of the molecule is Cl.c1ccc2c(c1)CCN(c1ncc3ccccc3n1)C2. The molecule has 0 bridgehead atoms. The third-order valence-corrected chi connectivity index (χ3v) is 3.89. The second-order valence-electron chi connectivity index (χ2n) is 5.17. The largest absolute Gasteiger partial charge is 0.336 e. The predicted molar refractivity (Wildman–Crippen MR) is 88.0 cm³/mol. The molecular weight excluding hydrogens is 282 g/mol. The molecule has 0 saturated carbocycles. The predicted octanol–water partition coefficient (Wildman–Crippen LogP) is 3.61. The average Bonchev–Trinajstić information content (AvgIpc) is 2.54. The number of halogens is 1. The Morgan fingerprint density at radius 3 is 2.57 bits per heavy atom. The van der Waals surface area contributed by atoms with Crippen molar-refractivity contribution in [3.05, 3.63) is 65.9 Å². The van der Waals surface area contributed by atoms with Crippen LogP contribution in [0.25, 0.3) is 10.9 Å². The molecule has 3 nitrogen and oxygen atoms in total. The normalized spacial score (nSPS) is 13.6. The van der Waals surface area contributed by atoms with E-state index in [1.54, 1.807) is 0 Å². The van der Waals surface area contributed by atoms with E-state index in [9.17, 15) is 0 Å². The maximum absolute atomic E-state index is 4.69. The second-order valence-corrected chi connectivity index (χ2v) is 5.17. The highest BCUT2D eigenvalue weighted by atomic mass is 35.5. The van der Waals surface area contributed by atoms with E-state index in [1.165, 1.54) is 11.1 Å². The molecule has 0 N–H and O–H groups in total. The molecule has 4 rings (SSSR count). The van der Waals surface area contributed by atoms with Crippen molar-refractivity contribution >= 4 is 29.3 Å². The summed E-state index contributed by atoms with van der Waals surface area (Å²) in [7, 11) is 0. The van der Waals surface area contributed by atoms with Crippen LogP contribution in [0, 0.1) is 0 Å². The Morgan fingerprint density at radius 1 is 0.905 bits per heavy atom. The number of anilines is 1. The maximum Gasteiger partial charge on any atom is 0.226 e. The quantitative estimate of drug-likeness (QED) is 0.687. The standard InChI is InChI=1S/C17H15N3.ClH/c1-2-7-15-12-20(10-9-13(15)5-1)17-18-11-14-6-3-4-8-16(14)19-17;/h1-8,11H,9-10,12H2;1H. The molecule has 1 aliphatic heterocycles. The number of aromatic nitrogens is 2. The minimum Gasteiger partial charge on any atom is -0.336 e. The first-order valence-electron chi connectivity index (χ1n) is 6.94. The van der Waals surface area contributed by atoms with Crippen molar-refractivity contribution < 1.29 is 0 Å². The fraction of sp³-hybridized carbons (Fsp3) is 0.176. The fourth-order valence-corrected chi connectivity index (χ4v) is 2.78. The lowest BCUT2D eigenvalue weighted by molar-refractivity contribution is 0.710. The smallest absolute Gasteiger partial charge is 0.226 e. The summed E-state index contributed by atoms with van der Waals surface area (Å²) < 4.78 is 0. The molecule has 3 aromatic rings. The van der Waals surface area contributed by atoms with Crippen LogP contribution in [0.4, 0.5) is 5.95 Å². The van der Waals surface area contributed by atoms with Crippen molar-refractivity contribution in [2.75, 3.05) is 11.4 Å². The maximum atomic E-state index is 4.69. The highest BCUT2D eigenvalue weighted by molar-refractivity contribution is 5.85. The lowest BCUT2D eigenvalue weighted by Crippen LogP contribution is -2.31. The fourth-order valence-electron chi connectivity index (χ4n) is 2.78. The van der Waals surface area contributed by atoms with Crippen LogP contribution in [-0.2, 0) is 13.0 Å². The molecular formula is C17H16ClN3. The molecule has 0 spiro atoms. The van der Waals surface area contributed by atoms with Crippen molar-refractivity contribution in [2.24, 2.45) is 0 Å². The summed E-state index contributed by atoms with van der Waals surface area (Å²) in [6.07, 6.45) is 2.98.